The Morgan fingerprint density at radius 3 is 2.44 bits per heavy atom. The molecule has 0 aliphatic carbocycles. The first kappa shape index (κ1) is 23.0. The molecule has 11 heteroatoms. The van der Waals surface area contributed by atoms with Crippen LogP contribution >= 0.6 is 0 Å². The molecule has 0 bridgehead atoms. The summed E-state index contributed by atoms with van der Waals surface area (Å²) in [6.07, 6.45) is 1.93. The van der Waals surface area contributed by atoms with Gasteiger partial charge in [0.2, 0.25) is 5.95 Å². The summed E-state index contributed by atoms with van der Waals surface area (Å²) in [6.45, 7) is 10.4. The second kappa shape index (κ2) is 10.7. The molecule has 2 aromatic heterocycles. The lowest BCUT2D eigenvalue weighted by molar-refractivity contribution is 0.0209. The second-order valence-electron chi connectivity index (χ2n) is 9.24. The molecule has 0 atom stereocenters. The zero-order valence-corrected chi connectivity index (χ0v) is 20.1. The van der Waals surface area contributed by atoms with E-state index >= 15 is 0 Å². The summed E-state index contributed by atoms with van der Waals surface area (Å²) in [4.78, 5) is 23.2. The molecule has 11 nitrogen and oxygen atoms in total. The van der Waals surface area contributed by atoms with Crippen LogP contribution in [-0.2, 0) is 11.2 Å². The molecule has 3 aliphatic rings. The van der Waals surface area contributed by atoms with Gasteiger partial charge in [0.1, 0.15) is 11.6 Å². The standard InChI is InChI=1S/C23H35N9O2/c1-16-10-20(26-18-12-24-13-18)29-22(25-16)32-8-6-31(7-9-32)5-3-4-17-11-21(27-19-14-34-15-19)30-23(28-17)33-2/h10-11,18-19,24H,3-9,12-15H2,1-2H3,(H,25,26,29)(H,27,28,30). The molecular formula is C23H35N9O2. The maximum absolute atomic E-state index is 5.30. The minimum absolute atomic E-state index is 0.322. The van der Waals surface area contributed by atoms with E-state index in [4.69, 9.17) is 19.4 Å². The van der Waals surface area contributed by atoms with Crippen LogP contribution in [0, 0.1) is 6.92 Å². The van der Waals surface area contributed by atoms with Crippen LogP contribution in [0.1, 0.15) is 17.8 Å². The van der Waals surface area contributed by atoms with Crippen LogP contribution in [0.15, 0.2) is 12.1 Å². The number of hydrogen-bond acceptors (Lipinski definition) is 11. The fraction of sp³-hybridized carbons (Fsp3) is 0.652. The third-order valence-corrected chi connectivity index (χ3v) is 6.47. The van der Waals surface area contributed by atoms with Crippen molar-refractivity contribution >= 4 is 17.6 Å². The Balaban J connectivity index is 1.09. The number of methoxy groups -OCH3 is 1. The van der Waals surface area contributed by atoms with Crippen molar-refractivity contribution in [3.8, 4) is 6.01 Å². The lowest BCUT2D eigenvalue weighted by Gasteiger charge is -2.35. The van der Waals surface area contributed by atoms with Gasteiger partial charge in [-0.2, -0.15) is 9.97 Å². The van der Waals surface area contributed by atoms with Crippen molar-refractivity contribution in [3.05, 3.63) is 23.5 Å². The Labute approximate surface area is 200 Å². The summed E-state index contributed by atoms with van der Waals surface area (Å²) in [7, 11) is 1.61. The topological polar surface area (TPSA) is 113 Å². The Bertz CT molecular complexity index is 959. The summed E-state index contributed by atoms with van der Waals surface area (Å²) in [5.41, 5.74) is 2.00. The maximum atomic E-state index is 5.30. The quantitative estimate of drug-likeness (QED) is 0.453. The summed E-state index contributed by atoms with van der Waals surface area (Å²) in [5.74, 6) is 2.57. The average molecular weight is 470 g/mol. The number of anilines is 3. The first-order valence-corrected chi connectivity index (χ1v) is 12.2. The van der Waals surface area contributed by atoms with Gasteiger partial charge in [0.15, 0.2) is 0 Å². The highest BCUT2D eigenvalue weighted by Crippen LogP contribution is 2.19. The highest BCUT2D eigenvalue weighted by molar-refractivity contribution is 5.45. The third-order valence-electron chi connectivity index (χ3n) is 6.47. The van der Waals surface area contributed by atoms with Crippen molar-refractivity contribution in [3.63, 3.8) is 0 Å². The van der Waals surface area contributed by atoms with Gasteiger partial charge in [0, 0.05) is 62.8 Å². The van der Waals surface area contributed by atoms with E-state index in [1.165, 1.54) is 0 Å². The molecule has 3 fully saturated rings. The third kappa shape index (κ3) is 5.83. The molecule has 0 radical (unpaired) electrons. The van der Waals surface area contributed by atoms with E-state index in [9.17, 15) is 0 Å². The number of aryl methyl sites for hydroxylation is 2. The molecule has 0 amide bonds. The molecule has 3 N–H and O–H groups in total. The van der Waals surface area contributed by atoms with Crippen LogP contribution in [0.3, 0.4) is 0 Å². The molecule has 3 saturated heterocycles. The van der Waals surface area contributed by atoms with Crippen LogP contribution in [0.2, 0.25) is 0 Å². The van der Waals surface area contributed by atoms with Crippen LogP contribution in [0.4, 0.5) is 17.6 Å². The monoisotopic (exact) mass is 469 g/mol. The molecular weight excluding hydrogens is 434 g/mol. The number of piperazine rings is 1. The van der Waals surface area contributed by atoms with E-state index in [1.54, 1.807) is 7.11 Å². The number of ether oxygens (including phenoxy) is 2. The van der Waals surface area contributed by atoms with Crippen molar-refractivity contribution in [2.75, 3.05) is 81.7 Å². The van der Waals surface area contributed by atoms with Gasteiger partial charge < -0.3 is 30.3 Å². The molecule has 184 valence electrons. The van der Waals surface area contributed by atoms with E-state index in [-0.39, 0.29) is 0 Å². The second-order valence-corrected chi connectivity index (χ2v) is 9.24. The Morgan fingerprint density at radius 1 is 1.00 bits per heavy atom. The fourth-order valence-corrected chi connectivity index (χ4v) is 4.32. The van der Waals surface area contributed by atoms with Gasteiger partial charge in [0.25, 0.3) is 0 Å². The average Bonchev–Trinajstić information content (AvgIpc) is 2.79. The summed E-state index contributed by atoms with van der Waals surface area (Å²) < 4.78 is 10.5. The van der Waals surface area contributed by atoms with Crippen LogP contribution < -0.4 is 25.6 Å². The van der Waals surface area contributed by atoms with E-state index < -0.39 is 0 Å². The van der Waals surface area contributed by atoms with Crippen molar-refractivity contribution in [2.45, 2.75) is 31.8 Å². The van der Waals surface area contributed by atoms with Gasteiger partial charge in [-0.15, -0.1) is 0 Å². The zero-order chi connectivity index (χ0) is 23.3. The predicted molar refractivity (Wildman–Crippen MR) is 131 cm³/mol. The Kier molecular flexibility index (Phi) is 7.21. The molecule has 34 heavy (non-hydrogen) atoms. The smallest absolute Gasteiger partial charge is 0.318 e. The van der Waals surface area contributed by atoms with Gasteiger partial charge in [-0.1, -0.05) is 0 Å². The largest absolute Gasteiger partial charge is 0.467 e. The number of nitrogens with one attached hydrogen (secondary N) is 3. The molecule has 5 rings (SSSR count). The van der Waals surface area contributed by atoms with Gasteiger partial charge in [-0.3, -0.25) is 4.90 Å². The number of rotatable bonds is 10. The molecule has 0 saturated carbocycles. The minimum Gasteiger partial charge on any atom is -0.467 e. The highest BCUT2D eigenvalue weighted by Gasteiger charge is 2.22. The zero-order valence-electron chi connectivity index (χ0n) is 20.1. The normalized spacial score (nSPS) is 19.4. The summed E-state index contributed by atoms with van der Waals surface area (Å²) in [6, 6.07) is 5.26. The number of hydrogen-bond donors (Lipinski definition) is 3. The van der Waals surface area contributed by atoms with E-state index in [2.05, 4.69) is 35.7 Å². The molecule has 0 aromatic carbocycles. The minimum atomic E-state index is 0.322. The maximum Gasteiger partial charge on any atom is 0.318 e. The first-order valence-electron chi connectivity index (χ1n) is 12.2. The van der Waals surface area contributed by atoms with Gasteiger partial charge in [0.05, 0.1) is 32.4 Å². The van der Waals surface area contributed by atoms with Gasteiger partial charge in [-0.25, -0.2) is 9.97 Å². The van der Waals surface area contributed by atoms with Crippen molar-refractivity contribution in [1.29, 1.82) is 0 Å². The van der Waals surface area contributed by atoms with E-state index in [1.807, 2.05) is 19.1 Å². The Hall–Kier alpha value is -2.76. The Morgan fingerprint density at radius 2 is 1.76 bits per heavy atom. The van der Waals surface area contributed by atoms with E-state index in [0.29, 0.717) is 18.1 Å². The molecule has 0 spiro atoms. The highest BCUT2D eigenvalue weighted by atomic mass is 16.5. The SMILES string of the molecule is COc1nc(CCCN2CCN(c3nc(C)cc(NC4CNC4)n3)CC2)cc(NC2COC2)n1. The van der Waals surface area contributed by atoms with Gasteiger partial charge >= 0.3 is 6.01 Å². The molecule has 5 heterocycles. The predicted octanol–water partition coefficient (Wildman–Crippen LogP) is 0.533. The molecule has 0 unspecified atom stereocenters. The first-order chi connectivity index (χ1) is 16.6. The summed E-state index contributed by atoms with van der Waals surface area (Å²) >= 11 is 0. The lowest BCUT2D eigenvalue weighted by atomic mass is 10.2. The van der Waals surface area contributed by atoms with Crippen LogP contribution in [0.25, 0.3) is 0 Å². The molecule has 3 aliphatic heterocycles. The fourth-order valence-electron chi connectivity index (χ4n) is 4.32. The number of aromatic nitrogens is 4. The lowest BCUT2D eigenvalue weighted by Crippen LogP contribution is -2.51. The van der Waals surface area contributed by atoms with Crippen LogP contribution in [-0.4, -0.2) is 103 Å². The van der Waals surface area contributed by atoms with Gasteiger partial charge in [-0.05, 0) is 26.3 Å². The van der Waals surface area contributed by atoms with Crippen LogP contribution in [0.5, 0.6) is 6.01 Å². The number of nitrogens with zero attached hydrogens (tertiary/aromatic N) is 6. The van der Waals surface area contributed by atoms with E-state index in [0.717, 1.165) is 101 Å². The van der Waals surface area contributed by atoms with Crippen molar-refractivity contribution in [1.82, 2.24) is 30.2 Å². The summed E-state index contributed by atoms with van der Waals surface area (Å²) in [5, 5.41) is 10.2. The molecule has 2 aromatic rings. The van der Waals surface area contributed by atoms with Crippen molar-refractivity contribution in [2.24, 2.45) is 0 Å². The van der Waals surface area contributed by atoms with Crippen molar-refractivity contribution < 1.29 is 9.47 Å².